The molecule has 7 heteroatoms. The molecule has 30 heavy (non-hydrogen) atoms. The van der Waals surface area contributed by atoms with Crippen molar-refractivity contribution in [2.24, 2.45) is 23.2 Å². The fraction of sp³-hybridized carbons (Fsp3) is 0.696. The molecule has 5 nitrogen and oxygen atoms in total. The largest absolute Gasteiger partial charge is 0.310 e. The van der Waals surface area contributed by atoms with Crippen LogP contribution < -0.4 is 9.62 Å². The highest BCUT2D eigenvalue weighted by atomic mass is 79.9. The molecule has 0 saturated heterocycles. The molecule has 1 heterocycles. The summed E-state index contributed by atoms with van der Waals surface area (Å²) in [6.07, 6.45) is 8.53. The van der Waals surface area contributed by atoms with Gasteiger partial charge in [-0.3, -0.25) is 4.79 Å². The molecule has 1 atom stereocenters. The van der Waals surface area contributed by atoms with E-state index in [2.05, 4.69) is 27.6 Å². The Morgan fingerprint density at radius 1 is 1.20 bits per heavy atom. The number of carbonyl (C=O) groups excluding carboxylic acids is 1. The Morgan fingerprint density at radius 3 is 2.37 bits per heavy atom. The number of hydrogen-bond donors (Lipinski definition) is 1. The lowest BCUT2D eigenvalue weighted by Crippen LogP contribution is -2.55. The molecule has 4 fully saturated rings. The summed E-state index contributed by atoms with van der Waals surface area (Å²) in [4.78, 5) is 14.4. The van der Waals surface area contributed by atoms with E-state index in [9.17, 15) is 13.2 Å². The van der Waals surface area contributed by atoms with Crippen LogP contribution in [0, 0.1) is 23.2 Å². The minimum absolute atomic E-state index is 0.0262. The third kappa shape index (κ3) is 3.36. The van der Waals surface area contributed by atoms with Gasteiger partial charge in [0.2, 0.25) is 15.9 Å². The van der Waals surface area contributed by atoms with E-state index >= 15 is 0 Å². The Morgan fingerprint density at radius 2 is 1.80 bits per heavy atom. The van der Waals surface area contributed by atoms with Crippen LogP contribution in [0.25, 0.3) is 0 Å². The molecule has 4 aliphatic carbocycles. The van der Waals surface area contributed by atoms with Gasteiger partial charge in [-0.1, -0.05) is 22.9 Å². The first kappa shape index (κ1) is 21.0. The van der Waals surface area contributed by atoms with E-state index in [4.69, 9.17) is 0 Å². The second-order valence-electron chi connectivity index (χ2n) is 10.2. The van der Waals surface area contributed by atoms with E-state index < -0.39 is 10.0 Å². The first-order valence-corrected chi connectivity index (χ1v) is 13.6. The average molecular weight is 495 g/mol. The molecular weight excluding hydrogens is 464 g/mol. The summed E-state index contributed by atoms with van der Waals surface area (Å²) in [5, 5.41) is 0. The van der Waals surface area contributed by atoms with Crippen molar-refractivity contribution < 1.29 is 13.2 Å². The number of nitrogens with one attached hydrogen (secondary N) is 1. The monoisotopic (exact) mass is 494 g/mol. The number of rotatable bonds is 5. The Kier molecular flexibility index (Phi) is 5.10. The molecule has 1 amide bonds. The van der Waals surface area contributed by atoms with Crippen molar-refractivity contribution in [3.8, 4) is 0 Å². The van der Waals surface area contributed by atoms with E-state index in [-0.39, 0.29) is 22.3 Å². The first-order valence-electron chi connectivity index (χ1n) is 11.4. The van der Waals surface area contributed by atoms with Crippen molar-refractivity contribution in [1.82, 2.24) is 4.72 Å². The summed E-state index contributed by atoms with van der Waals surface area (Å²) in [7, 11) is -3.75. The molecule has 6 rings (SSSR count). The SMILES string of the molecule is CCC(=O)N1CCc2cc(Br)cc(S(=O)(=O)N[C@H](C)C34CC5CC(CC(C5)C3)C4)c21. The molecular formula is C23H31BrN2O3S. The van der Waals surface area contributed by atoms with Crippen molar-refractivity contribution in [2.75, 3.05) is 11.4 Å². The zero-order chi connectivity index (χ0) is 21.3. The quantitative estimate of drug-likeness (QED) is 0.648. The first-order chi connectivity index (χ1) is 14.2. The summed E-state index contributed by atoms with van der Waals surface area (Å²) in [5.41, 5.74) is 1.60. The fourth-order valence-corrected chi connectivity index (χ4v) is 9.52. The lowest BCUT2D eigenvalue weighted by Gasteiger charge is -2.59. The van der Waals surface area contributed by atoms with Crippen molar-refractivity contribution in [1.29, 1.82) is 0 Å². The number of sulfonamides is 1. The predicted molar refractivity (Wildman–Crippen MR) is 121 cm³/mol. The van der Waals surface area contributed by atoms with Gasteiger partial charge in [-0.05, 0) is 92.7 Å². The molecule has 5 aliphatic rings. The van der Waals surface area contributed by atoms with Crippen LogP contribution in [0.2, 0.25) is 0 Å². The highest BCUT2D eigenvalue weighted by molar-refractivity contribution is 9.10. The standard InChI is InChI=1S/C23H31BrN2O3S/c1-3-21(27)26-5-4-18-9-19(24)10-20(22(18)26)30(28,29)25-14(2)23-11-15-6-16(12-23)8-17(7-15)13-23/h9-10,14-17,25H,3-8,11-13H2,1-2H3/t14-,15?,16?,17?,23?/m1/s1. The Balaban J connectivity index is 1.47. The smallest absolute Gasteiger partial charge is 0.242 e. The molecule has 1 N–H and O–H groups in total. The average Bonchev–Trinajstić information content (AvgIpc) is 3.08. The van der Waals surface area contributed by atoms with Gasteiger partial charge in [-0.15, -0.1) is 0 Å². The summed E-state index contributed by atoms with van der Waals surface area (Å²) in [6.45, 7) is 4.43. The molecule has 1 aliphatic heterocycles. The molecule has 0 unspecified atom stereocenters. The Labute approximate surface area is 188 Å². The van der Waals surface area contributed by atoms with Gasteiger partial charge in [0.1, 0.15) is 4.90 Å². The summed E-state index contributed by atoms with van der Waals surface area (Å²) in [5.74, 6) is 2.30. The molecule has 0 spiro atoms. The van der Waals surface area contributed by atoms with Crippen molar-refractivity contribution >= 4 is 37.5 Å². The van der Waals surface area contributed by atoms with Crippen LogP contribution in [0.5, 0.6) is 0 Å². The van der Waals surface area contributed by atoms with E-state index in [1.807, 2.05) is 13.0 Å². The highest BCUT2D eigenvalue weighted by Gasteiger charge is 2.53. The molecule has 4 bridgehead atoms. The second kappa shape index (κ2) is 7.31. The summed E-state index contributed by atoms with van der Waals surface area (Å²) in [6, 6.07) is 3.51. The second-order valence-corrected chi connectivity index (χ2v) is 12.8. The van der Waals surface area contributed by atoms with Crippen LogP contribution in [0.3, 0.4) is 0 Å². The number of anilines is 1. The van der Waals surface area contributed by atoms with Crippen molar-refractivity contribution in [3.05, 3.63) is 22.2 Å². The van der Waals surface area contributed by atoms with E-state index in [1.165, 1.54) is 19.3 Å². The predicted octanol–water partition coefficient (Wildman–Crippen LogP) is 4.63. The molecule has 4 saturated carbocycles. The fourth-order valence-electron chi connectivity index (χ4n) is 7.24. The van der Waals surface area contributed by atoms with Gasteiger partial charge in [0.15, 0.2) is 0 Å². The minimum Gasteiger partial charge on any atom is -0.310 e. The number of carbonyl (C=O) groups is 1. The van der Waals surface area contributed by atoms with Crippen LogP contribution in [0.15, 0.2) is 21.5 Å². The maximum absolute atomic E-state index is 13.6. The number of nitrogens with zero attached hydrogens (tertiary/aromatic N) is 1. The lowest BCUT2D eigenvalue weighted by molar-refractivity contribution is -0.118. The van der Waals surface area contributed by atoms with Gasteiger partial charge >= 0.3 is 0 Å². The zero-order valence-corrected chi connectivity index (χ0v) is 20.2. The van der Waals surface area contributed by atoms with Crippen LogP contribution in [-0.2, 0) is 21.2 Å². The number of halogens is 1. The lowest BCUT2D eigenvalue weighted by atomic mass is 9.48. The van der Waals surface area contributed by atoms with Gasteiger partial charge < -0.3 is 4.90 Å². The summed E-state index contributed by atoms with van der Waals surface area (Å²) >= 11 is 3.48. The van der Waals surface area contributed by atoms with Gasteiger partial charge in [0.05, 0.1) is 5.69 Å². The number of fused-ring (bicyclic) bond motifs is 1. The van der Waals surface area contributed by atoms with Gasteiger partial charge in [0.25, 0.3) is 0 Å². The molecule has 1 aromatic rings. The Bertz CT molecular complexity index is 955. The highest BCUT2D eigenvalue weighted by Crippen LogP contribution is 2.61. The maximum atomic E-state index is 13.6. The Hall–Kier alpha value is -0.920. The van der Waals surface area contributed by atoms with E-state index in [0.29, 0.717) is 25.1 Å². The normalized spacial score (nSPS) is 33.0. The zero-order valence-electron chi connectivity index (χ0n) is 17.8. The van der Waals surface area contributed by atoms with Crippen LogP contribution >= 0.6 is 15.9 Å². The molecule has 0 aromatic heterocycles. The third-order valence-corrected chi connectivity index (χ3v) is 10.2. The molecule has 1 aromatic carbocycles. The van der Waals surface area contributed by atoms with E-state index in [0.717, 1.165) is 47.1 Å². The van der Waals surface area contributed by atoms with Gasteiger partial charge in [-0.2, -0.15) is 0 Å². The van der Waals surface area contributed by atoms with Crippen molar-refractivity contribution in [2.45, 2.75) is 76.2 Å². The molecule has 0 radical (unpaired) electrons. The van der Waals surface area contributed by atoms with Crippen LogP contribution in [0.1, 0.15) is 64.4 Å². The van der Waals surface area contributed by atoms with Crippen LogP contribution in [0.4, 0.5) is 5.69 Å². The number of benzene rings is 1. The third-order valence-electron chi connectivity index (χ3n) is 8.22. The van der Waals surface area contributed by atoms with Crippen molar-refractivity contribution in [3.63, 3.8) is 0 Å². The molecule has 164 valence electrons. The number of amides is 1. The van der Waals surface area contributed by atoms with Gasteiger partial charge in [-0.25, -0.2) is 13.1 Å². The summed E-state index contributed by atoms with van der Waals surface area (Å²) < 4.78 is 31.1. The minimum atomic E-state index is -3.75. The maximum Gasteiger partial charge on any atom is 0.242 e. The van der Waals surface area contributed by atoms with Crippen LogP contribution in [-0.4, -0.2) is 26.9 Å². The van der Waals surface area contributed by atoms with Gasteiger partial charge in [0, 0.05) is 23.5 Å². The topological polar surface area (TPSA) is 66.5 Å². The number of hydrogen-bond acceptors (Lipinski definition) is 3. The van der Waals surface area contributed by atoms with E-state index in [1.54, 1.807) is 11.0 Å².